The number of nitrogens with one attached hydrogen (secondary N) is 1. The van der Waals surface area contributed by atoms with Crippen molar-refractivity contribution in [3.63, 3.8) is 0 Å². The highest BCUT2D eigenvalue weighted by Gasteiger charge is 2.41. The minimum atomic E-state index is -0.573. The molecule has 1 N–H and O–H groups in total. The van der Waals surface area contributed by atoms with Crippen LogP contribution in [0.25, 0.3) is 0 Å². The van der Waals surface area contributed by atoms with E-state index in [-0.39, 0.29) is 5.97 Å². The molecule has 0 amide bonds. The van der Waals surface area contributed by atoms with Crippen LogP contribution in [0.3, 0.4) is 0 Å². The molecule has 2 unspecified atom stereocenters. The van der Waals surface area contributed by atoms with E-state index in [0.29, 0.717) is 18.1 Å². The first-order valence-corrected chi connectivity index (χ1v) is 7.96. The number of nitrogens with zero attached hydrogens (tertiary/aromatic N) is 1. The highest BCUT2D eigenvalue weighted by molar-refractivity contribution is 5.80. The molecule has 0 radical (unpaired) electrons. The van der Waals surface area contributed by atoms with Gasteiger partial charge >= 0.3 is 5.97 Å². The van der Waals surface area contributed by atoms with E-state index >= 15 is 0 Å². The molecule has 20 heavy (non-hydrogen) atoms. The predicted molar refractivity (Wildman–Crippen MR) is 82.8 cm³/mol. The van der Waals surface area contributed by atoms with Crippen LogP contribution in [0.4, 0.5) is 0 Å². The molecular formula is C16H32N2O2. The third kappa shape index (κ3) is 4.74. The summed E-state index contributed by atoms with van der Waals surface area (Å²) in [6, 6.07) is 1.34. The highest BCUT2D eigenvalue weighted by Crippen LogP contribution is 2.27. The minimum absolute atomic E-state index is 0.142. The molecular weight excluding hydrogens is 252 g/mol. The van der Waals surface area contributed by atoms with Gasteiger partial charge in [-0.15, -0.1) is 0 Å². The van der Waals surface area contributed by atoms with Crippen LogP contribution in [0.2, 0.25) is 0 Å². The highest BCUT2D eigenvalue weighted by atomic mass is 16.5. The Morgan fingerprint density at radius 3 is 2.40 bits per heavy atom. The first-order chi connectivity index (χ1) is 9.34. The van der Waals surface area contributed by atoms with Gasteiger partial charge in [0.05, 0.1) is 7.11 Å². The molecule has 2 atom stereocenters. The molecule has 1 aliphatic rings. The summed E-state index contributed by atoms with van der Waals surface area (Å²) in [5, 5.41) is 3.48. The van der Waals surface area contributed by atoms with Gasteiger partial charge in [-0.1, -0.05) is 6.92 Å². The summed E-state index contributed by atoms with van der Waals surface area (Å²) >= 11 is 0. The van der Waals surface area contributed by atoms with Crippen molar-refractivity contribution in [3.05, 3.63) is 0 Å². The Balaban J connectivity index is 2.73. The van der Waals surface area contributed by atoms with E-state index < -0.39 is 5.54 Å². The zero-order valence-electron chi connectivity index (χ0n) is 14.0. The summed E-state index contributed by atoms with van der Waals surface area (Å²) in [5.74, 6) is -0.142. The molecule has 0 aromatic heterocycles. The van der Waals surface area contributed by atoms with E-state index in [1.54, 1.807) is 0 Å². The normalized spacial score (nSPS) is 20.0. The minimum Gasteiger partial charge on any atom is -0.468 e. The summed E-state index contributed by atoms with van der Waals surface area (Å²) in [7, 11) is 1.48. The summed E-state index contributed by atoms with van der Waals surface area (Å²) in [6.45, 7) is 11.9. The fourth-order valence-electron chi connectivity index (χ4n) is 3.06. The lowest BCUT2D eigenvalue weighted by atomic mass is 9.92. The Morgan fingerprint density at radius 1 is 1.40 bits per heavy atom. The number of rotatable bonds is 9. The Morgan fingerprint density at radius 2 is 2.00 bits per heavy atom. The number of ether oxygens (including phenoxy) is 1. The van der Waals surface area contributed by atoms with Gasteiger partial charge in [0, 0.05) is 18.1 Å². The number of carbonyl (C=O) groups excluding carboxylic acids is 1. The molecule has 1 saturated carbocycles. The molecule has 1 fully saturated rings. The van der Waals surface area contributed by atoms with Crippen molar-refractivity contribution in [1.82, 2.24) is 10.2 Å². The fourth-order valence-corrected chi connectivity index (χ4v) is 3.06. The standard InChI is InChI=1S/C16H32N2O2/c1-7-10-18(12(2)3)13(4)11-16(5,15(19)20-6)17-14-8-9-14/h12-14,17H,7-11H2,1-6H3. The molecule has 118 valence electrons. The molecule has 0 saturated heterocycles. The van der Waals surface area contributed by atoms with E-state index in [1.807, 2.05) is 6.92 Å². The number of esters is 1. The SMILES string of the molecule is CCCN(C(C)C)C(C)CC(C)(NC1CC1)C(=O)OC. The lowest BCUT2D eigenvalue weighted by Crippen LogP contribution is -2.55. The van der Waals surface area contributed by atoms with Gasteiger partial charge in [0.1, 0.15) is 5.54 Å². The van der Waals surface area contributed by atoms with E-state index in [0.717, 1.165) is 19.4 Å². The van der Waals surface area contributed by atoms with Gasteiger partial charge in [-0.3, -0.25) is 15.0 Å². The fraction of sp³-hybridized carbons (Fsp3) is 0.938. The molecule has 4 heteroatoms. The number of hydrogen-bond acceptors (Lipinski definition) is 4. The van der Waals surface area contributed by atoms with Gasteiger partial charge in [-0.05, 0) is 59.9 Å². The molecule has 0 bridgehead atoms. The summed E-state index contributed by atoms with van der Waals surface area (Å²) < 4.78 is 5.03. The second-order valence-corrected chi connectivity index (χ2v) is 6.63. The van der Waals surface area contributed by atoms with Crippen molar-refractivity contribution in [3.8, 4) is 0 Å². The zero-order chi connectivity index (χ0) is 15.3. The third-order valence-corrected chi connectivity index (χ3v) is 4.15. The number of hydrogen-bond donors (Lipinski definition) is 1. The topological polar surface area (TPSA) is 41.6 Å². The van der Waals surface area contributed by atoms with Gasteiger partial charge < -0.3 is 4.74 Å². The molecule has 1 rings (SSSR count). The maximum absolute atomic E-state index is 12.2. The predicted octanol–water partition coefficient (Wildman–Crippen LogP) is 2.57. The van der Waals surface area contributed by atoms with Crippen LogP contribution in [0.1, 0.15) is 60.3 Å². The van der Waals surface area contributed by atoms with Crippen LogP contribution in [-0.2, 0) is 9.53 Å². The molecule has 0 aromatic rings. The van der Waals surface area contributed by atoms with E-state index in [1.165, 1.54) is 20.0 Å². The van der Waals surface area contributed by atoms with Crippen LogP contribution in [0.5, 0.6) is 0 Å². The summed E-state index contributed by atoms with van der Waals surface area (Å²) in [6.07, 6.45) is 4.26. The monoisotopic (exact) mass is 284 g/mol. The van der Waals surface area contributed by atoms with Crippen LogP contribution in [-0.4, -0.2) is 48.2 Å². The first-order valence-electron chi connectivity index (χ1n) is 7.96. The maximum Gasteiger partial charge on any atom is 0.325 e. The first kappa shape index (κ1) is 17.4. The molecule has 4 nitrogen and oxygen atoms in total. The summed E-state index contributed by atoms with van der Waals surface area (Å²) in [4.78, 5) is 14.6. The Hall–Kier alpha value is -0.610. The van der Waals surface area contributed by atoms with Crippen LogP contribution in [0, 0.1) is 0 Å². The quantitative estimate of drug-likeness (QED) is 0.661. The Bertz CT molecular complexity index is 316. The van der Waals surface area contributed by atoms with Crippen LogP contribution in [0.15, 0.2) is 0 Å². The molecule has 0 aromatic carbocycles. The molecule has 0 heterocycles. The van der Waals surface area contributed by atoms with Gasteiger partial charge in [0.15, 0.2) is 0 Å². The molecule has 1 aliphatic carbocycles. The van der Waals surface area contributed by atoms with Crippen molar-refractivity contribution < 1.29 is 9.53 Å². The number of methoxy groups -OCH3 is 1. The smallest absolute Gasteiger partial charge is 0.325 e. The largest absolute Gasteiger partial charge is 0.468 e. The average molecular weight is 284 g/mol. The van der Waals surface area contributed by atoms with Crippen LogP contribution >= 0.6 is 0 Å². The average Bonchev–Trinajstić information content (AvgIpc) is 3.17. The van der Waals surface area contributed by atoms with Crippen molar-refractivity contribution in [2.45, 2.75) is 84.0 Å². The van der Waals surface area contributed by atoms with E-state index in [9.17, 15) is 4.79 Å². The second kappa shape index (κ2) is 7.41. The zero-order valence-corrected chi connectivity index (χ0v) is 14.0. The second-order valence-electron chi connectivity index (χ2n) is 6.63. The Labute approximate surface area is 124 Å². The van der Waals surface area contributed by atoms with Crippen LogP contribution < -0.4 is 5.32 Å². The van der Waals surface area contributed by atoms with E-state index in [2.05, 4.69) is 37.9 Å². The summed E-state index contributed by atoms with van der Waals surface area (Å²) in [5.41, 5.74) is -0.573. The van der Waals surface area contributed by atoms with Gasteiger partial charge in [0.2, 0.25) is 0 Å². The maximum atomic E-state index is 12.2. The van der Waals surface area contributed by atoms with Gasteiger partial charge in [-0.25, -0.2) is 0 Å². The van der Waals surface area contributed by atoms with Crippen molar-refractivity contribution in [1.29, 1.82) is 0 Å². The van der Waals surface area contributed by atoms with Gasteiger partial charge in [0.25, 0.3) is 0 Å². The van der Waals surface area contributed by atoms with Gasteiger partial charge in [-0.2, -0.15) is 0 Å². The lowest BCUT2D eigenvalue weighted by Gasteiger charge is -2.38. The third-order valence-electron chi connectivity index (χ3n) is 4.15. The molecule has 0 spiro atoms. The van der Waals surface area contributed by atoms with Crippen molar-refractivity contribution in [2.24, 2.45) is 0 Å². The van der Waals surface area contributed by atoms with Crippen molar-refractivity contribution in [2.75, 3.05) is 13.7 Å². The van der Waals surface area contributed by atoms with Crippen molar-refractivity contribution >= 4 is 5.97 Å². The number of carbonyl (C=O) groups is 1. The van der Waals surface area contributed by atoms with E-state index in [4.69, 9.17) is 4.74 Å². The Kier molecular flexibility index (Phi) is 6.46. The molecule has 0 aliphatic heterocycles. The lowest BCUT2D eigenvalue weighted by molar-refractivity contribution is -0.149.